The Balaban J connectivity index is 2.63. The lowest BCUT2D eigenvalue weighted by Crippen LogP contribution is -2.59. The van der Waals surface area contributed by atoms with Crippen molar-refractivity contribution in [1.82, 2.24) is 5.32 Å². The van der Waals surface area contributed by atoms with Crippen LogP contribution in [0.15, 0.2) is 5.16 Å². The molecule has 0 bridgehead atoms. The highest BCUT2D eigenvalue weighted by Crippen LogP contribution is 2.32. The number of ether oxygens (including phenoxy) is 1. The van der Waals surface area contributed by atoms with Crippen LogP contribution in [0.3, 0.4) is 0 Å². The number of hydrogen-bond acceptors (Lipinski definition) is 4. The number of hydrogen-bond donors (Lipinski definition) is 3. The largest absolute Gasteiger partial charge is 0.409 e. The first-order chi connectivity index (χ1) is 9.04. The summed E-state index contributed by atoms with van der Waals surface area (Å²) in [7, 11) is 0. The number of rotatable bonds is 6. The molecule has 0 aromatic heterocycles. The highest BCUT2D eigenvalue weighted by molar-refractivity contribution is 5.94. The fourth-order valence-electron chi connectivity index (χ4n) is 2.43. The third-order valence-electron chi connectivity index (χ3n) is 3.78. The molecule has 0 saturated heterocycles. The maximum absolute atomic E-state index is 11.9. The predicted octanol–water partition coefficient (Wildman–Crippen LogP) is 1.22. The van der Waals surface area contributed by atoms with Crippen molar-refractivity contribution < 1.29 is 14.7 Å². The summed E-state index contributed by atoms with van der Waals surface area (Å²) in [5.74, 6) is 0.596. The molecule has 1 rings (SSSR count). The van der Waals surface area contributed by atoms with Crippen molar-refractivity contribution >= 4 is 11.7 Å². The van der Waals surface area contributed by atoms with Gasteiger partial charge in [-0.25, -0.2) is 0 Å². The molecule has 0 heterocycles. The number of nitrogens with zero attached hydrogens (tertiary/aromatic N) is 1. The number of carbonyl (C=O) groups is 1. The molecule has 0 aromatic rings. The fourth-order valence-corrected chi connectivity index (χ4v) is 2.43. The number of oxime groups is 1. The van der Waals surface area contributed by atoms with Crippen molar-refractivity contribution in [2.45, 2.75) is 51.5 Å². The number of amidine groups is 1. The SMILES string of the molecule is CCOCCC(=O)NC1(/C(N)=N/O)CCC(C)CC1. The van der Waals surface area contributed by atoms with Crippen LogP contribution in [-0.4, -0.2) is 35.7 Å². The van der Waals surface area contributed by atoms with Gasteiger partial charge in [0.15, 0.2) is 5.84 Å². The molecule has 1 fully saturated rings. The zero-order valence-electron chi connectivity index (χ0n) is 11.8. The van der Waals surface area contributed by atoms with Crippen LogP contribution in [0.4, 0.5) is 0 Å². The maximum atomic E-state index is 11.9. The van der Waals surface area contributed by atoms with Crippen molar-refractivity contribution in [3.8, 4) is 0 Å². The molecule has 0 aliphatic heterocycles. The quantitative estimate of drug-likeness (QED) is 0.222. The van der Waals surface area contributed by atoms with E-state index in [9.17, 15) is 4.79 Å². The van der Waals surface area contributed by atoms with Crippen LogP contribution in [-0.2, 0) is 9.53 Å². The van der Waals surface area contributed by atoms with Gasteiger partial charge >= 0.3 is 0 Å². The number of amides is 1. The second-order valence-electron chi connectivity index (χ2n) is 5.24. The summed E-state index contributed by atoms with van der Waals surface area (Å²) in [5.41, 5.74) is 5.10. The van der Waals surface area contributed by atoms with Crippen LogP contribution in [0.25, 0.3) is 0 Å². The van der Waals surface area contributed by atoms with Crippen molar-refractivity contribution in [3.05, 3.63) is 0 Å². The molecular formula is C13H25N3O3. The van der Waals surface area contributed by atoms with E-state index in [-0.39, 0.29) is 11.7 Å². The van der Waals surface area contributed by atoms with Crippen LogP contribution in [0.5, 0.6) is 0 Å². The first kappa shape index (κ1) is 15.8. The van der Waals surface area contributed by atoms with Crippen molar-refractivity contribution in [2.24, 2.45) is 16.8 Å². The van der Waals surface area contributed by atoms with E-state index < -0.39 is 5.54 Å². The topological polar surface area (TPSA) is 96.9 Å². The summed E-state index contributed by atoms with van der Waals surface area (Å²) in [5, 5.41) is 15.0. The Morgan fingerprint density at radius 3 is 2.68 bits per heavy atom. The summed E-state index contributed by atoms with van der Waals surface area (Å²) in [6.07, 6.45) is 3.64. The second kappa shape index (κ2) is 7.33. The average Bonchev–Trinajstić information content (AvgIpc) is 2.41. The van der Waals surface area contributed by atoms with E-state index in [4.69, 9.17) is 15.7 Å². The van der Waals surface area contributed by atoms with E-state index in [1.54, 1.807) is 0 Å². The standard InChI is InChI=1S/C13H25N3O3/c1-3-19-9-6-11(17)15-13(12(14)16-18)7-4-10(2)5-8-13/h10,18H,3-9H2,1-2H3,(H2,14,16)(H,15,17). The lowest BCUT2D eigenvalue weighted by atomic mass is 9.76. The van der Waals surface area contributed by atoms with Crippen molar-refractivity contribution in [2.75, 3.05) is 13.2 Å². The van der Waals surface area contributed by atoms with Gasteiger partial charge in [-0.3, -0.25) is 4.79 Å². The molecule has 1 amide bonds. The van der Waals surface area contributed by atoms with Gasteiger partial charge in [0.1, 0.15) is 5.54 Å². The molecule has 1 aliphatic rings. The van der Waals surface area contributed by atoms with E-state index in [1.165, 1.54) is 0 Å². The third kappa shape index (κ3) is 4.38. The predicted molar refractivity (Wildman–Crippen MR) is 73.0 cm³/mol. The first-order valence-electron chi connectivity index (χ1n) is 6.91. The number of nitrogens with two attached hydrogens (primary N) is 1. The first-order valence-corrected chi connectivity index (χ1v) is 6.91. The Morgan fingerprint density at radius 2 is 2.16 bits per heavy atom. The molecule has 1 aliphatic carbocycles. The molecule has 0 spiro atoms. The number of nitrogens with one attached hydrogen (secondary N) is 1. The Labute approximate surface area is 114 Å². The Bertz CT molecular complexity index is 323. The molecule has 1 saturated carbocycles. The summed E-state index contributed by atoms with van der Waals surface area (Å²) >= 11 is 0. The number of carbonyl (C=O) groups excluding carboxylic acids is 1. The molecule has 0 atom stereocenters. The third-order valence-corrected chi connectivity index (χ3v) is 3.78. The zero-order valence-corrected chi connectivity index (χ0v) is 11.8. The molecule has 4 N–H and O–H groups in total. The van der Waals surface area contributed by atoms with E-state index >= 15 is 0 Å². The average molecular weight is 271 g/mol. The molecule has 0 radical (unpaired) electrons. The van der Waals surface area contributed by atoms with E-state index in [0.717, 1.165) is 12.8 Å². The Kier molecular flexibility index (Phi) is 6.08. The Hall–Kier alpha value is -1.30. The van der Waals surface area contributed by atoms with Crippen molar-refractivity contribution in [3.63, 3.8) is 0 Å². The van der Waals surface area contributed by atoms with Gasteiger partial charge in [0, 0.05) is 13.0 Å². The summed E-state index contributed by atoms with van der Waals surface area (Å²) in [4.78, 5) is 11.9. The smallest absolute Gasteiger partial charge is 0.223 e. The van der Waals surface area contributed by atoms with E-state index in [1.807, 2.05) is 6.92 Å². The summed E-state index contributed by atoms with van der Waals surface area (Å²) < 4.78 is 5.16. The van der Waals surface area contributed by atoms with Crippen LogP contribution in [0.2, 0.25) is 0 Å². The molecule has 0 aromatic carbocycles. The lowest BCUT2D eigenvalue weighted by molar-refractivity contribution is -0.123. The molecule has 6 nitrogen and oxygen atoms in total. The van der Waals surface area contributed by atoms with Crippen LogP contribution >= 0.6 is 0 Å². The molecule has 19 heavy (non-hydrogen) atoms. The lowest BCUT2D eigenvalue weighted by Gasteiger charge is -2.39. The van der Waals surface area contributed by atoms with Gasteiger partial charge < -0.3 is 21.0 Å². The fraction of sp³-hybridized carbons (Fsp3) is 0.846. The zero-order chi connectivity index (χ0) is 14.3. The molecule has 6 heteroatoms. The minimum atomic E-state index is -0.690. The van der Waals surface area contributed by atoms with Gasteiger partial charge in [-0.2, -0.15) is 0 Å². The normalized spacial score (nSPS) is 28.1. The van der Waals surface area contributed by atoms with Gasteiger partial charge in [0.05, 0.1) is 6.61 Å². The van der Waals surface area contributed by atoms with E-state index in [0.29, 0.717) is 38.4 Å². The molecule has 110 valence electrons. The monoisotopic (exact) mass is 271 g/mol. The van der Waals surface area contributed by atoms with Gasteiger partial charge in [-0.05, 0) is 38.5 Å². The van der Waals surface area contributed by atoms with Gasteiger partial charge in [-0.15, -0.1) is 0 Å². The Morgan fingerprint density at radius 1 is 1.53 bits per heavy atom. The minimum Gasteiger partial charge on any atom is -0.409 e. The van der Waals surface area contributed by atoms with Crippen LogP contribution in [0, 0.1) is 5.92 Å². The highest BCUT2D eigenvalue weighted by atomic mass is 16.5. The molecular weight excluding hydrogens is 246 g/mol. The van der Waals surface area contributed by atoms with Crippen LogP contribution in [0.1, 0.15) is 46.0 Å². The highest BCUT2D eigenvalue weighted by Gasteiger charge is 2.39. The van der Waals surface area contributed by atoms with Gasteiger partial charge in [0.2, 0.25) is 5.91 Å². The van der Waals surface area contributed by atoms with Gasteiger partial charge in [-0.1, -0.05) is 12.1 Å². The van der Waals surface area contributed by atoms with Gasteiger partial charge in [0.25, 0.3) is 0 Å². The van der Waals surface area contributed by atoms with E-state index in [2.05, 4.69) is 17.4 Å². The van der Waals surface area contributed by atoms with Crippen molar-refractivity contribution in [1.29, 1.82) is 0 Å². The minimum absolute atomic E-state index is 0.101. The maximum Gasteiger partial charge on any atom is 0.223 e. The van der Waals surface area contributed by atoms with Crippen LogP contribution < -0.4 is 11.1 Å². The molecule has 0 unspecified atom stereocenters. The summed E-state index contributed by atoms with van der Waals surface area (Å²) in [6, 6.07) is 0. The second-order valence-corrected chi connectivity index (χ2v) is 5.24. The summed E-state index contributed by atoms with van der Waals surface area (Å²) in [6.45, 7) is 5.05.